The van der Waals surface area contributed by atoms with E-state index in [1.807, 2.05) is 57.5 Å². The van der Waals surface area contributed by atoms with Crippen LogP contribution in [0.5, 0.6) is 0 Å². The molecule has 0 aliphatic carbocycles. The van der Waals surface area contributed by atoms with Gasteiger partial charge in [0.1, 0.15) is 0 Å². The zero-order valence-corrected chi connectivity index (χ0v) is 20.9. The van der Waals surface area contributed by atoms with E-state index in [0.717, 1.165) is 11.3 Å². The zero-order valence-electron chi connectivity index (χ0n) is 19.3. The summed E-state index contributed by atoms with van der Waals surface area (Å²) in [5, 5.41) is 15.7. The number of carbonyl (C=O) groups excluding carboxylic acids is 2. The maximum Gasteiger partial charge on any atom is 0.251 e. The second-order valence-electron chi connectivity index (χ2n) is 8.24. The molecule has 0 saturated carbocycles. The molecule has 1 heterocycles. The molecule has 2 N–H and O–H groups in total. The van der Waals surface area contributed by atoms with Crippen LogP contribution in [-0.4, -0.2) is 32.3 Å². The molecule has 1 atom stereocenters. The van der Waals surface area contributed by atoms with Crippen LogP contribution in [0.2, 0.25) is 5.02 Å². The van der Waals surface area contributed by atoms with Crippen LogP contribution in [0.3, 0.4) is 0 Å². The molecular formula is C24H28ClN5O2S. The van der Waals surface area contributed by atoms with Crippen molar-refractivity contribution in [2.24, 2.45) is 13.0 Å². The first-order valence-electron chi connectivity index (χ1n) is 10.6. The highest BCUT2D eigenvalue weighted by atomic mass is 35.5. The highest BCUT2D eigenvalue weighted by Crippen LogP contribution is 2.25. The van der Waals surface area contributed by atoms with E-state index in [0.29, 0.717) is 21.6 Å². The van der Waals surface area contributed by atoms with Gasteiger partial charge in [0.2, 0.25) is 5.91 Å². The minimum atomic E-state index is -0.343. The molecule has 2 aromatic carbocycles. The maximum absolute atomic E-state index is 12.7. The number of anilines is 1. The molecule has 0 unspecified atom stereocenters. The Kier molecular flexibility index (Phi) is 8.15. The lowest BCUT2D eigenvalue weighted by Gasteiger charge is -2.21. The Labute approximate surface area is 203 Å². The summed E-state index contributed by atoms with van der Waals surface area (Å²) in [5.41, 5.74) is 3.59. The van der Waals surface area contributed by atoms with Crippen LogP contribution in [0, 0.1) is 19.8 Å². The molecule has 174 valence electrons. The molecular weight excluding hydrogens is 458 g/mol. The number of rotatable bonds is 8. The summed E-state index contributed by atoms with van der Waals surface area (Å²) >= 11 is 7.22. The number of aryl methyl sites for hydroxylation is 2. The molecule has 1 aromatic heterocycles. The fourth-order valence-corrected chi connectivity index (χ4v) is 4.07. The molecule has 0 spiro atoms. The Morgan fingerprint density at radius 3 is 2.39 bits per heavy atom. The van der Waals surface area contributed by atoms with Crippen LogP contribution < -0.4 is 10.6 Å². The SMILES string of the molecule is Cc1ccc(NC(=O)CSc2nnc([C@H](NC(=O)c3ccc(Cl)cc3)C(C)C)n2C)cc1C. The van der Waals surface area contributed by atoms with E-state index in [1.165, 1.54) is 17.3 Å². The number of aromatic nitrogens is 3. The van der Waals surface area contributed by atoms with Gasteiger partial charge in [-0.3, -0.25) is 9.59 Å². The summed E-state index contributed by atoms with van der Waals surface area (Å²) in [6.45, 7) is 8.05. The number of amides is 2. The predicted octanol–water partition coefficient (Wildman–Crippen LogP) is 4.94. The van der Waals surface area contributed by atoms with Gasteiger partial charge in [0.15, 0.2) is 11.0 Å². The normalized spacial score (nSPS) is 12.0. The minimum absolute atomic E-state index is 0.0788. The van der Waals surface area contributed by atoms with Gasteiger partial charge in [0.05, 0.1) is 11.8 Å². The number of thioether (sulfide) groups is 1. The first kappa shape index (κ1) is 24.8. The van der Waals surface area contributed by atoms with Crippen molar-refractivity contribution >= 4 is 40.9 Å². The third-order valence-corrected chi connectivity index (χ3v) is 6.60. The van der Waals surface area contributed by atoms with Gasteiger partial charge in [-0.25, -0.2) is 0 Å². The third-order valence-electron chi connectivity index (χ3n) is 5.33. The second kappa shape index (κ2) is 10.9. The van der Waals surface area contributed by atoms with E-state index in [2.05, 4.69) is 20.8 Å². The number of hydrogen-bond donors (Lipinski definition) is 2. The molecule has 0 saturated heterocycles. The lowest BCUT2D eigenvalue weighted by atomic mass is 10.0. The standard InChI is InChI=1S/C24H28ClN5O2S/c1-14(2)21(27-23(32)17-7-9-18(25)10-8-17)22-28-29-24(30(22)5)33-13-20(31)26-19-11-6-15(3)16(4)12-19/h6-12,14,21H,13H2,1-5H3,(H,26,31)(H,27,32)/t21-/m1/s1. The fraction of sp³-hybridized carbons (Fsp3) is 0.333. The Morgan fingerprint density at radius 2 is 1.76 bits per heavy atom. The molecule has 0 radical (unpaired) electrons. The lowest BCUT2D eigenvalue weighted by Crippen LogP contribution is -2.33. The van der Waals surface area contributed by atoms with Crippen molar-refractivity contribution in [1.29, 1.82) is 0 Å². The molecule has 33 heavy (non-hydrogen) atoms. The van der Waals surface area contributed by atoms with Crippen molar-refractivity contribution in [2.45, 2.75) is 38.9 Å². The number of halogens is 1. The first-order chi connectivity index (χ1) is 15.7. The van der Waals surface area contributed by atoms with Crippen LogP contribution in [-0.2, 0) is 11.8 Å². The van der Waals surface area contributed by atoms with Gasteiger partial charge in [0, 0.05) is 23.3 Å². The monoisotopic (exact) mass is 485 g/mol. The van der Waals surface area contributed by atoms with Gasteiger partial charge in [-0.2, -0.15) is 0 Å². The fourth-order valence-electron chi connectivity index (χ4n) is 3.22. The Hall–Kier alpha value is -2.84. The van der Waals surface area contributed by atoms with Crippen LogP contribution in [0.15, 0.2) is 47.6 Å². The topological polar surface area (TPSA) is 88.9 Å². The average Bonchev–Trinajstić information content (AvgIpc) is 3.13. The third kappa shape index (κ3) is 6.36. The number of carbonyl (C=O) groups is 2. The second-order valence-corrected chi connectivity index (χ2v) is 9.62. The van der Waals surface area contributed by atoms with E-state index in [-0.39, 0.29) is 29.5 Å². The van der Waals surface area contributed by atoms with Gasteiger partial charge >= 0.3 is 0 Å². The predicted molar refractivity (Wildman–Crippen MR) is 133 cm³/mol. The van der Waals surface area contributed by atoms with E-state index < -0.39 is 0 Å². The summed E-state index contributed by atoms with van der Waals surface area (Å²) in [6.07, 6.45) is 0. The van der Waals surface area contributed by atoms with Crippen molar-refractivity contribution in [3.05, 3.63) is 70.0 Å². The number of benzene rings is 2. The molecule has 2 amide bonds. The maximum atomic E-state index is 12.7. The quantitative estimate of drug-likeness (QED) is 0.441. The molecule has 0 bridgehead atoms. The smallest absolute Gasteiger partial charge is 0.251 e. The van der Waals surface area contributed by atoms with Gasteiger partial charge in [-0.15, -0.1) is 10.2 Å². The van der Waals surface area contributed by atoms with Gasteiger partial charge < -0.3 is 15.2 Å². The largest absolute Gasteiger partial charge is 0.342 e. The molecule has 3 rings (SSSR count). The van der Waals surface area contributed by atoms with E-state index in [4.69, 9.17) is 11.6 Å². The van der Waals surface area contributed by atoms with Crippen LogP contribution in [0.1, 0.15) is 47.2 Å². The van der Waals surface area contributed by atoms with Crippen molar-refractivity contribution in [3.8, 4) is 0 Å². The molecule has 3 aromatic rings. The summed E-state index contributed by atoms with van der Waals surface area (Å²) in [6, 6.07) is 12.2. The van der Waals surface area contributed by atoms with Crippen LogP contribution >= 0.6 is 23.4 Å². The number of nitrogens with one attached hydrogen (secondary N) is 2. The minimum Gasteiger partial charge on any atom is -0.342 e. The highest BCUT2D eigenvalue weighted by molar-refractivity contribution is 7.99. The van der Waals surface area contributed by atoms with E-state index in [9.17, 15) is 9.59 Å². The molecule has 9 heteroatoms. The Bertz CT molecular complexity index is 1140. The van der Waals surface area contributed by atoms with Crippen molar-refractivity contribution in [2.75, 3.05) is 11.1 Å². The van der Waals surface area contributed by atoms with E-state index in [1.54, 1.807) is 24.3 Å². The molecule has 7 nitrogen and oxygen atoms in total. The lowest BCUT2D eigenvalue weighted by molar-refractivity contribution is -0.113. The number of hydrogen-bond acceptors (Lipinski definition) is 5. The summed E-state index contributed by atoms with van der Waals surface area (Å²) in [7, 11) is 1.84. The Balaban J connectivity index is 1.65. The van der Waals surface area contributed by atoms with Gasteiger partial charge in [-0.05, 0) is 67.3 Å². The molecule has 0 aliphatic heterocycles. The highest BCUT2D eigenvalue weighted by Gasteiger charge is 2.25. The summed E-state index contributed by atoms with van der Waals surface area (Å²) in [4.78, 5) is 25.1. The van der Waals surface area contributed by atoms with Crippen LogP contribution in [0.25, 0.3) is 0 Å². The van der Waals surface area contributed by atoms with Crippen molar-refractivity contribution < 1.29 is 9.59 Å². The Morgan fingerprint density at radius 1 is 1.06 bits per heavy atom. The molecule has 0 fully saturated rings. The van der Waals surface area contributed by atoms with E-state index >= 15 is 0 Å². The average molecular weight is 486 g/mol. The van der Waals surface area contributed by atoms with Crippen molar-refractivity contribution in [1.82, 2.24) is 20.1 Å². The van der Waals surface area contributed by atoms with Gasteiger partial charge in [-0.1, -0.05) is 43.3 Å². The van der Waals surface area contributed by atoms with Crippen LogP contribution in [0.4, 0.5) is 5.69 Å². The summed E-state index contributed by atoms with van der Waals surface area (Å²) < 4.78 is 1.82. The van der Waals surface area contributed by atoms with Gasteiger partial charge in [0.25, 0.3) is 5.91 Å². The summed E-state index contributed by atoms with van der Waals surface area (Å²) in [5.74, 6) is 0.571. The molecule has 0 aliphatic rings. The first-order valence-corrected chi connectivity index (χ1v) is 12.0. The number of nitrogens with zero attached hydrogens (tertiary/aromatic N) is 3. The zero-order chi connectivity index (χ0) is 24.1. The van der Waals surface area contributed by atoms with Crippen molar-refractivity contribution in [3.63, 3.8) is 0 Å².